The molecule has 0 aliphatic rings. The highest BCUT2D eigenvalue weighted by atomic mass is 79.9. The molecule has 142 valence electrons. The Hall–Kier alpha value is -2.58. The first-order chi connectivity index (χ1) is 13.6. The van der Waals surface area contributed by atoms with Gasteiger partial charge in [0.25, 0.3) is 0 Å². The predicted molar refractivity (Wildman–Crippen MR) is 116 cm³/mol. The second kappa shape index (κ2) is 8.20. The number of hydrogen-bond donors (Lipinski definition) is 2. The number of fused-ring (bicyclic) bond motifs is 3. The van der Waals surface area contributed by atoms with Gasteiger partial charge in [-0.3, -0.25) is 4.79 Å². The molecule has 0 aliphatic heterocycles. The van der Waals surface area contributed by atoms with Crippen molar-refractivity contribution in [3.05, 3.63) is 53.3 Å². The number of anilines is 1. The first-order valence-corrected chi connectivity index (χ1v) is 10.5. The summed E-state index contributed by atoms with van der Waals surface area (Å²) in [6, 6.07) is 13.3. The number of aromatic nitrogens is 3. The summed E-state index contributed by atoms with van der Waals surface area (Å²) < 4.78 is 6.40. The number of nitrogens with zero attached hydrogens (tertiary/aromatic N) is 2. The number of benzene rings is 2. The highest BCUT2D eigenvalue weighted by Gasteiger charge is 2.13. The molecule has 0 aliphatic carbocycles. The van der Waals surface area contributed by atoms with Crippen molar-refractivity contribution in [3.63, 3.8) is 0 Å². The number of ether oxygens (including phenoxy) is 1. The fraction of sp³-hybridized carbons (Fsp3) is 0.150. The number of carbonyl (C=O) groups is 1. The smallest absolute Gasteiger partial charge is 0.234 e. The summed E-state index contributed by atoms with van der Waals surface area (Å²) in [4.78, 5) is 24.4. The van der Waals surface area contributed by atoms with Crippen LogP contribution in [-0.4, -0.2) is 33.2 Å². The maximum atomic E-state index is 12.3. The van der Waals surface area contributed by atoms with E-state index in [4.69, 9.17) is 4.74 Å². The second-order valence-electron chi connectivity index (χ2n) is 6.01. The fourth-order valence-corrected chi connectivity index (χ4v) is 4.00. The molecular formula is C20H17BrN4O2S. The van der Waals surface area contributed by atoms with Crippen molar-refractivity contribution < 1.29 is 9.53 Å². The quantitative estimate of drug-likeness (QED) is 0.315. The van der Waals surface area contributed by atoms with Gasteiger partial charge in [0.1, 0.15) is 22.6 Å². The second-order valence-corrected chi connectivity index (χ2v) is 7.89. The Balaban J connectivity index is 1.47. The molecule has 0 fully saturated rings. The van der Waals surface area contributed by atoms with E-state index in [0.717, 1.165) is 42.9 Å². The third-order valence-electron chi connectivity index (χ3n) is 4.10. The number of nitrogens with one attached hydrogen (secondary N) is 2. The molecule has 2 aromatic carbocycles. The molecule has 0 unspecified atom stereocenters. The zero-order valence-corrected chi connectivity index (χ0v) is 17.4. The number of hydrogen-bond acceptors (Lipinski definition) is 5. The van der Waals surface area contributed by atoms with Gasteiger partial charge < -0.3 is 15.0 Å². The van der Waals surface area contributed by atoms with Crippen LogP contribution in [0.5, 0.6) is 5.75 Å². The van der Waals surface area contributed by atoms with Crippen LogP contribution in [-0.2, 0) is 4.79 Å². The lowest BCUT2D eigenvalue weighted by Crippen LogP contribution is -2.14. The number of carbonyl (C=O) groups excluding carboxylic acids is 1. The van der Waals surface area contributed by atoms with Gasteiger partial charge in [-0.25, -0.2) is 9.97 Å². The van der Waals surface area contributed by atoms with Crippen molar-refractivity contribution in [2.24, 2.45) is 0 Å². The van der Waals surface area contributed by atoms with Crippen LogP contribution in [0.4, 0.5) is 5.69 Å². The van der Waals surface area contributed by atoms with E-state index >= 15 is 0 Å². The summed E-state index contributed by atoms with van der Waals surface area (Å²) in [6.45, 7) is 2.55. The molecule has 0 radical (unpaired) electrons. The molecule has 0 bridgehead atoms. The highest BCUT2D eigenvalue weighted by Crippen LogP contribution is 2.31. The van der Waals surface area contributed by atoms with Gasteiger partial charge in [-0.1, -0.05) is 27.7 Å². The zero-order valence-electron chi connectivity index (χ0n) is 15.0. The molecule has 4 rings (SSSR count). The van der Waals surface area contributed by atoms with Crippen LogP contribution < -0.4 is 10.1 Å². The first-order valence-electron chi connectivity index (χ1n) is 8.71. The van der Waals surface area contributed by atoms with E-state index in [1.165, 1.54) is 18.1 Å². The molecule has 2 N–H and O–H groups in total. The third-order valence-corrected chi connectivity index (χ3v) is 5.58. The Kier molecular flexibility index (Phi) is 5.50. The molecule has 4 aromatic rings. The van der Waals surface area contributed by atoms with Gasteiger partial charge >= 0.3 is 0 Å². The van der Waals surface area contributed by atoms with Crippen molar-refractivity contribution in [1.82, 2.24) is 15.0 Å². The van der Waals surface area contributed by atoms with Crippen LogP contribution in [0.25, 0.3) is 21.9 Å². The maximum absolute atomic E-state index is 12.3. The van der Waals surface area contributed by atoms with Crippen molar-refractivity contribution in [2.75, 3.05) is 17.7 Å². The maximum Gasteiger partial charge on any atom is 0.234 e. The summed E-state index contributed by atoms with van der Waals surface area (Å²) in [5, 5.41) is 4.66. The monoisotopic (exact) mass is 456 g/mol. The first kappa shape index (κ1) is 18.8. The van der Waals surface area contributed by atoms with E-state index in [-0.39, 0.29) is 11.7 Å². The minimum Gasteiger partial charge on any atom is -0.494 e. The Morgan fingerprint density at radius 2 is 2.04 bits per heavy atom. The summed E-state index contributed by atoms with van der Waals surface area (Å²) in [6.07, 6.45) is 1.53. The molecule has 0 spiro atoms. The molecule has 8 heteroatoms. The van der Waals surface area contributed by atoms with Crippen molar-refractivity contribution in [1.29, 1.82) is 0 Å². The molecular weight excluding hydrogens is 440 g/mol. The Bertz CT molecular complexity index is 1140. The fourth-order valence-electron chi connectivity index (χ4n) is 2.88. The Morgan fingerprint density at radius 3 is 2.82 bits per heavy atom. The van der Waals surface area contributed by atoms with Gasteiger partial charge in [0, 0.05) is 21.1 Å². The topological polar surface area (TPSA) is 79.9 Å². The molecule has 1 amide bonds. The lowest BCUT2D eigenvalue weighted by molar-refractivity contribution is -0.113. The third kappa shape index (κ3) is 3.98. The number of amides is 1. The van der Waals surface area contributed by atoms with Crippen LogP contribution in [0.2, 0.25) is 0 Å². The van der Waals surface area contributed by atoms with Crippen molar-refractivity contribution in [2.45, 2.75) is 11.9 Å². The number of aromatic amines is 1. The molecule has 2 heterocycles. The van der Waals surface area contributed by atoms with Gasteiger partial charge in [-0.05, 0) is 49.4 Å². The lowest BCUT2D eigenvalue weighted by atomic mass is 10.2. The van der Waals surface area contributed by atoms with Gasteiger partial charge in [0.05, 0.1) is 17.9 Å². The average Bonchev–Trinajstić information content (AvgIpc) is 3.06. The summed E-state index contributed by atoms with van der Waals surface area (Å²) in [7, 11) is 0. The standard InChI is InChI=1S/C20H17BrN4O2S/c1-2-27-14-6-4-13(5-7-14)24-17(26)10-28-20-19-18(22-11-23-20)15-9-12(21)3-8-16(15)25-19/h3-9,11,25H,2,10H2,1H3,(H,24,26). The Morgan fingerprint density at radius 1 is 1.21 bits per heavy atom. The van der Waals surface area contributed by atoms with E-state index in [9.17, 15) is 4.79 Å². The highest BCUT2D eigenvalue weighted by molar-refractivity contribution is 9.10. The van der Waals surface area contributed by atoms with Crippen LogP contribution in [0.1, 0.15) is 6.92 Å². The minimum atomic E-state index is -0.0974. The summed E-state index contributed by atoms with van der Waals surface area (Å²) >= 11 is 4.87. The molecule has 6 nitrogen and oxygen atoms in total. The summed E-state index contributed by atoms with van der Waals surface area (Å²) in [5.74, 6) is 0.932. The van der Waals surface area contributed by atoms with Crippen LogP contribution in [0.3, 0.4) is 0 Å². The normalized spacial score (nSPS) is 11.1. The number of H-pyrrole nitrogens is 1. The molecule has 0 saturated carbocycles. The van der Waals surface area contributed by atoms with Gasteiger partial charge in [-0.15, -0.1) is 0 Å². The minimum absolute atomic E-state index is 0.0974. The average molecular weight is 457 g/mol. The van der Waals surface area contributed by atoms with Gasteiger partial charge in [-0.2, -0.15) is 0 Å². The van der Waals surface area contributed by atoms with Gasteiger partial charge in [0.15, 0.2) is 0 Å². The van der Waals surface area contributed by atoms with Crippen LogP contribution >= 0.6 is 27.7 Å². The van der Waals surface area contributed by atoms with Crippen LogP contribution in [0, 0.1) is 0 Å². The summed E-state index contributed by atoms with van der Waals surface area (Å²) in [5.41, 5.74) is 3.41. The predicted octanol–water partition coefficient (Wildman–Crippen LogP) is 5.00. The van der Waals surface area contributed by atoms with E-state index in [1.807, 2.05) is 49.4 Å². The number of halogens is 1. The van der Waals surface area contributed by atoms with E-state index < -0.39 is 0 Å². The molecule has 2 aromatic heterocycles. The number of thioether (sulfide) groups is 1. The van der Waals surface area contributed by atoms with Gasteiger partial charge in [0.2, 0.25) is 5.91 Å². The number of rotatable bonds is 6. The molecule has 28 heavy (non-hydrogen) atoms. The zero-order chi connectivity index (χ0) is 19.5. The van der Waals surface area contributed by atoms with E-state index in [0.29, 0.717) is 6.61 Å². The lowest BCUT2D eigenvalue weighted by Gasteiger charge is -2.07. The molecule has 0 saturated heterocycles. The van der Waals surface area contributed by atoms with Crippen LogP contribution in [0.15, 0.2) is 58.3 Å². The SMILES string of the molecule is CCOc1ccc(NC(=O)CSc2ncnc3c2[nH]c2ccc(Br)cc23)cc1. The van der Waals surface area contributed by atoms with E-state index in [1.54, 1.807) is 0 Å². The molecule has 0 atom stereocenters. The van der Waals surface area contributed by atoms with Crippen molar-refractivity contribution in [3.8, 4) is 5.75 Å². The van der Waals surface area contributed by atoms with E-state index in [2.05, 4.69) is 36.2 Å². The largest absolute Gasteiger partial charge is 0.494 e. The Labute approximate surface area is 174 Å². The van der Waals surface area contributed by atoms with Crippen molar-refractivity contribution >= 4 is 61.2 Å².